The molecule has 0 saturated carbocycles. The number of para-hydroxylation sites is 1. The quantitative estimate of drug-likeness (QED) is 0.707. The molecule has 0 heterocycles. The molecule has 2 amide bonds. The molecule has 3 N–H and O–H groups in total. The molecule has 25 heavy (non-hydrogen) atoms. The number of rotatable bonds is 5. The van der Waals surface area contributed by atoms with Gasteiger partial charge in [0.05, 0.1) is 19.2 Å². The number of aliphatic hydroxyl groups is 1. The molecule has 6 nitrogen and oxygen atoms in total. The highest BCUT2D eigenvalue weighted by Gasteiger charge is 2.30. The van der Waals surface area contributed by atoms with Crippen molar-refractivity contribution in [3.63, 3.8) is 0 Å². The number of nitrogens with one attached hydrogen (secondary N) is 2. The van der Waals surface area contributed by atoms with Crippen molar-refractivity contribution in [2.45, 2.75) is 13.0 Å². The number of hydrogen-bond donors (Lipinski definition) is 3. The third kappa shape index (κ3) is 4.72. The zero-order chi connectivity index (χ0) is 18.2. The maximum absolute atomic E-state index is 12.3. The summed E-state index contributed by atoms with van der Waals surface area (Å²) < 4.78 is 5.20. The highest BCUT2D eigenvalue weighted by atomic mass is 16.6. The molecular formula is C19H20N2O4. The number of terminal acetylenes is 1. The number of carbonyl (C=O) groups is 2. The molecule has 0 radical (unpaired) electrons. The zero-order valence-corrected chi connectivity index (χ0v) is 13.9. The normalized spacial score (nSPS) is 19.1. The van der Waals surface area contributed by atoms with E-state index < -0.39 is 12.1 Å². The lowest BCUT2D eigenvalue weighted by Crippen LogP contribution is -2.44. The molecule has 130 valence electrons. The van der Waals surface area contributed by atoms with Crippen molar-refractivity contribution in [3.05, 3.63) is 53.6 Å². The first kappa shape index (κ1) is 18.3. The Morgan fingerprint density at radius 3 is 2.68 bits per heavy atom. The number of benzene rings is 1. The van der Waals surface area contributed by atoms with Crippen LogP contribution < -0.4 is 15.4 Å². The summed E-state index contributed by atoms with van der Waals surface area (Å²) in [6.45, 7) is 1.60. The van der Waals surface area contributed by atoms with E-state index in [-0.39, 0.29) is 25.0 Å². The first-order chi connectivity index (χ1) is 12.1. The van der Waals surface area contributed by atoms with E-state index in [9.17, 15) is 14.7 Å². The SMILES string of the molecule is C#CCNC(=O)C1=C(CO)C=CC(NC(=O)Oc2ccccc2)C1C. The lowest BCUT2D eigenvalue weighted by Gasteiger charge is -2.28. The molecule has 1 aromatic carbocycles. The van der Waals surface area contributed by atoms with Crippen molar-refractivity contribution >= 4 is 12.0 Å². The largest absolute Gasteiger partial charge is 0.413 e. The van der Waals surface area contributed by atoms with Crippen LogP contribution in [0.3, 0.4) is 0 Å². The summed E-state index contributed by atoms with van der Waals surface area (Å²) in [4.78, 5) is 24.4. The molecule has 1 aromatic rings. The van der Waals surface area contributed by atoms with Gasteiger partial charge in [-0.15, -0.1) is 6.42 Å². The number of hydrogen-bond acceptors (Lipinski definition) is 4. The summed E-state index contributed by atoms with van der Waals surface area (Å²) in [6.07, 6.45) is 7.88. The Labute approximate surface area is 146 Å². The first-order valence-electron chi connectivity index (χ1n) is 7.84. The molecule has 2 unspecified atom stereocenters. The van der Waals surface area contributed by atoms with Crippen molar-refractivity contribution in [1.82, 2.24) is 10.6 Å². The van der Waals surface area contributed by atoms with Crippen LogP contribution in [0.5, 0.6) is 5.75 Å². The number of ether oxygens (including phenoxy) is 1. The molecule has 0 saturated heterocycles. The van der Waals surface area contributed by atoms with E-state index in [1.807, 2.05) is 6.07 Å². The molecule has 0 spiro atoms. The topological polar surface area (TPSA) is 87.7 Å². The standard InChI is InChI=1S/C19H20N2O4/c1-3-11-20-18(23)17-13(2)16(10-9-14(17)12-22)21-19(24)25-15-7-5-4-6-8-15/h1,4-10,13,16,22H,11-12H2,2H3,(H,20,23)(H,21,24). The fourth-order valence-corrected chi connectivity index (χ4v) is 2.60. The van der Waals surface area contributed by atoms with Gasteiger partial charge in [0.25, 0.3) is 0 Å². The summed E-state index contributed by atoms with van der Waals surface area (Å²) in [5.41, 5.74) is 0.891. The van der Waals surface area contributed by atoms with Gasteiger partial charge in [0.1, 0.15) is 5.75 Å². The van der Waals surface area contributed by atoms with E-state index in [4.69, 9.17) is 11.2 Å². The van der Waals surface area contributed by atoms with E-state index in [1.165, 1.54) is 0 Å². The van der Waals surface area contributed by atoms with Crippen LogP contribution in [0.25, 0.3) is 0 Å². The Morgan fingerprint density at radius 1 is 1.32 bits per heavy atom. The Balaban J connectivity index is 2.07. The van der Waals surface area contributed by atoms with Crippen LogP contribution in [0.2, 0.25) is 0 Å². The van der Waals surface area contributed by atoms with Gasteiger partial charge >= 0.3 is 6.09 Å². The van der Waals surface area contributed by atoms with Gasteiger partial charge in [0.15, 0.2) is 0 Å². The second-order valence-corrected chi connectivity index (χ2v) is 5.50. The fraction of sp³-hybridized carbons (Fsp3) is 0.263. The Hall–Kier alpha value is -3.04. The fourth-order valence-electron chi connectivity index (χ4n) is 2.60. The van der Waals surface area contributed by atoms with Gasteiger partial charge < -0.3 is 20.5 Å². The average molecular weight is 340 g/mol. The molecular weight excluding hydrogens is 320 g/mol. The summed E-state index contributed by atoms with van der Waals surface area (Å²) in [7, 11) is 0. The van der Waals surface area contributed by atoms with E-state index in [0.717, 1.165) is 0 Å². The molecule has 1 aliphatic carbocycles. The zero-order valence-electron chi connectivity index (χ0n) is 13.9. The van der Waals surface area contributed by atoms with Crippen LogP contribution in [0.4, 0.5) is 4.79 Å². The van der Waals surface area contributed by atoms with Crippen LogP contribution in [-0.2, 0) is 4.79 Å². The highest BCUT2D eigenvalue weighted by Crippen LogP contribution is 2.26. The first-order valence-corrected chi connectivity index (χ1v) is 7.84. The maximum atomic E-state index is 12.3. The van der Waals surface area contributed by atoms with E-state index in [0.29, 0.717) is 16.9 Å². The van der Waals surface area contributed by atoms with E-state index in [1.54, 1.807) is 43.3 Å². The van der Waals surface area contributed by atoms with E-state index in [2.05, 4.69) is 16.6 Å². The van der Waals surface area contributed by atoms with Gasteiger partial charge in [-0.1, -0.05) is 43.2 Å². The minimum atomic E-state index is -0.622. The van der Waals surface area contributed by atoms with Gasteiger partial charge in [0.2, 0.25) is 5.91 Å². The Morgan fingerprint density at radius 2 is 2.04 bits per heavy atom. The monoisotopic (exact) mass is 340 g/mol. The van der Waals surface area contributed by atoms with E-state index >= 15 is 0 Å². The predicted molar refractivity (Wildman–Crippen MR) is 93.6 cm³/mol. The molecule has 0 bridgehead atoms. The van der Waals surface area contributed by atoms with Crippen LogP contribution >= 0.6 is 0 Å². The number of carbonyl (C=O) groups excluding carboxylic acids is 2. The minimum Gasteiger partial charge on any atom is -0.410 e. The van der Waals surface area contributed by atoms with Crippen molar-refractivity contribution in [2.24, 2.45) is 5.92 Å². The van der Waals surface area contributed by atoms with Gasteiger partial charge in [-0.25, -0.2) is 4.79 Å². The van der Waals surface area contributed by atoms with Gasteiger partial charge in [-0.3, -0.25) is 4.79 Å². The smallest absolute Gasteiger partial charge is 0.410 e. The molecule has 0 fully saturated rings. The van der Waals surface area contributed by atoms with Crippen molar-refractivity contribution in [3.8, 4) is 18.1 Å². The maximum Gasteiger partial charge on any atom is 0.413 e. The third-order valence-electron chi connectivity index (χ3n) is 3.85. The predicted octanol–water partition coefficient (Wildman–Crippen LogP) is 1.39. The van der Waals surface area contributed by atoms with Crippen LogP contribution in [0.1, 0.15) is 6.92 Å². The molecule has 1 aliphatic rings. The van der Waals surface area contributed by atoms with Gasteiger partial charge in [-0.2, -0.15) is 0 Å². The summed E-state index contributed by atoms with van der Waals surface area (Å²) in [5, 5.41) is 14.8. The highest BCUT2D eigenvalue weighted by molar-refractivity contribution is 5.96. The van der Waals surface area contributed by atoms with Crippen molar-refractivity contribution < 1.29 is 19.4 Å². The molecule has 2 rings (SSSR count). The molecule has 0 aromatic heterocycles. The second kappa shape index (κ2) is 8.71. The van der Waals surface area contributed by atoms with Gasteiger partial charge in [0, 0.05) is 11.5 Å². The summed E-state index contributed by atoms with van der Waals surface area (Å²) in [5.74, 6) is 2.04. The lowest BCUT2D eigenvalue weighted by molar-refractivity contribution is -0.117. The third-order valence-corrected chi connectivity index (χ3v) is 3.85. The minimum absolute atomic E-state index is 0.0889. The summed E-state index contributed by atoms with van der Waals surface area (Å²) in [6, 6.07) is 8.23. The summed E-state index contributed by atoms with van der Waals surface area (Å²) >= 11 is 0. The lowest BCUT2D eigenvalue weighted by atomic mass is 9.84. The van der Waals surface area contributed by atoms with Crippen LogP contribution in [0.15, 0.2) is 53.6 Å². The van der Waals surface area contributed by atoms with Crippen LogP contribution in [-0.4, -0.2) is 36.3 Å². The number of aliphatic hydroxyl groups excluding tert-OH is 1. The van der Waals surface area contributed by atoms with Crippen molar-refractivity contribution in [2.75, 3.05) is 13.2 Å². The molecule has 0 aliphatic heterocycles. The van der Waals surface area contributed by atoms with Gasteiger partial charge in [-0.05, 0) is 17.7 Å². The second-order valence-electron chi connectivity index (χ2n) is 5.50. The Kier molecular flexibility index (Phi) is 6.38. The van der Waals surface area contributed by atoms with Crippen LogP contribution in [0, 0.1) is 18.3 Å². The van der Waals surface area contributed by atoms with Crippen molar-refractivity contribution in [1.29, 1.82) is 0 Å². The Bertz CT molecular complexity index is 732. The molecule has 2 atom stereocenters. The average Bonchev–Trinajstić information content (AvgIpc) is 2.62. The number of amides is 2. The molecule has 6 heteroatoms.